The molecule has 15 heteroatoms. The molecule has 3 saturated heterocycles. The van der Waals surface area contributed by atoms with E-state index in [1.54, 1.807) is 7.11 Å². The van der Waals surface area contributed by atoms with Gasteiger partial charge in [0.15, 0.2) is 9.84 Å². The predicted molar refractivity (Wildman–Crippen MR) is 161 cm³/mol. The molecule has 2 saturated carbocycles. The number of morpholine rings is 1. The highest BCUT2D eigenvalue weighted by Crippen LogP contribution is 2.39. The van der Waals surface area contributed by atoms with Crippen molar-refractivity contribution in [2.24, 2.45) is 5.92 Å². The molecule has 12 unspecified atom stereocenters. The first-order valence-electron chi connectivity index (χ1n) is 15.1. The van der Waals surface area contributed by atoms with E-state index in [0.29, 0.717) is 38.5 Å². The van der Waals surface area contributed by atoms with Crippen molar-refractivity contribution in [2.45, 2.75) is 116 Å². The minimum atomic E-state index is -3.59. The van der Waals surface area contributed by atoms with E-state index in [1.807, 2.05) is 0 Å². The van der Waals surface area contributed by atoms with E-state index in [4.69, 9.17) is 9.47 Å². The largest absolute Gasteiger partial charge is 0.379 e. The Labute approximate surface area is 255 Å². The normalized spacial score (nSPS) is 45.1. The third-order valence-corrected chi connectivity index (χ3v) is 14.0. The number of sulfone groups is 1. The molecule has 0 aromatic carbocycles. The van der Waals surface area contributed by atoms with Gasteiger partial charge in [-0.05, 0) is 45.4 Å². The third-order valence-electron chi connectivity index (χ3n) is 9.26. The van der Waals surface area contributed by atoms with Crippen LogP contribution in [-0.4, -0.2) is 116 Å². The highest BCUT2D eigenvalue weighted by atomic mass is 79.9. The van der Waals surface area contributed by atoms with Crippen molar-refractivity contribution in [3.8, 4) is 0 Å². The zero-order chi connectivity index (χ0) is 29.1. The monoisotopic (exact) mass is 688 g/mol. The quantitative estimate of drug-likeness (QED) is 0.228. The minimum absolute atomic E-state index is 0.0288. The highest BCUT2D eigenvalue weighted by molar-refractivity contribution is 9.09. The van der Waals surface area contributed by atoms with Crippen LogP contribution >= 0.6 is 27.7 Å². The van der Waals surface area contributed by atoms with E-state index in [-0.39, 0.29) is 52.3 Å². The van der Waals surface area contributed by atoms with E-state index >= 15 is 4.39 Å². The van der Waals surface area contributed by atoms with E-state index in [0.717, 1.165) is 32.4 Å². The minimum Gasteiger partial charge on any atom is -0.379 e. The smallest absolute Gasteiger partial charge is 0.153 e. The lowest BCUT2D eigenvalue weighted by Crippen LogP contribution is -2.75. The summed E-state index contributed by atoms with van der Waals surface area (Å²) in [5.74, 6) is -0.700. The van der Waals surface area contributed by atoms with Gasteiger partial charge in [-0.3, -0.25) is 26.3 Å². The first kappa shape index (κ1) is 32.7. The summed E-state index contributed by atoms with van der Waals surface area (Å²) >= 11 is 4.85. The molecule has 5 aliphatic rings. The van der Waals surface area contributed by atoms with Gasteiger partial charge in [-0.25, -0.2) is 22.6 Å². The lowest BCUT2D eigenvalue weighted by Gasteiger charge is -2.49. The number of nitrogens with zero attached hydrogens (tertiary/aromatic N) is 1. The number of halogens is 3. The summed E-state index contributed by atoms with van der Waals surface area (Å²) in [6.45, 7) is 4.96. The Kier molecular flexibility index (Phi) is 11.7. The summed E-state index contributed by atoms with van der Waals surface area (Å²) < 4.78 is 68.4. The van der Waals surface area contributed by atoms with Gasteiger partial charge in [0.25, 0.3) is 0 Å². The van der Waals surface area contributed by atoms with Crippen LogP contribution in [0.1, 0.15) is 51.9 Å². The molecule has 0 amide bonds. The van der Waals surface area contributed by atoms with Crippen LogP contribution in [-0.2, 0) is 19.3 Å². The number of rotatable bonds is 9. The molecule has 0 aromatic rings. The molecular formula is C26H47BrF2N6O4S2. The Balaban J connectivity index is 1.21. The molecule has 5 rings (SSSR count). The second kappa shape index (κ2) is 14.6. The van der Waals surface area contributed by atoms with Gasteiger partial charge in [0.2, 0.25) is 0 Å². The first-order valence-corrected chi connectivity index (χ1v) is 18.6. The second-order valence-corrected chi connectivity index (χ2v) is 17.1. The van der Waals surface area contributed by atoms with Crippen LogP contribution in [0, 0.1) is 5.92 Å². The lowest BCUT2D eigenvalue weighted by atomic mass is 9.89. The van der Waals surface area contributed by atoms with Gasteiger partial charge in [0, 0.05) is 42.2 Å². The summed E-state index contributed by atoms with van der Waals surface area (Å²) in [6.07, 6.45) is 0.942. The molecule has 0 radical (unpaired) electrons. The maximum absolute atomic E-state index is 15.7. The molecule has 41 heavy (non-hydrogen) atoms. The van der Waals surface area contributed by atoms with Gasteiger partial charge < -0.3 is 9.47 Å². The molecule has 0 bridgehead atoms. The predicted octanol–water partition coefficient (Wildman–Crippen LogP) is 1.57. The summed E-state index contributed by atoms with van der Waals surface area (Å²) in [4.78, 5) is 2.02. The molecule has 0 aromatic heterocycles. The Bertz CT molecular complexity index is 957. The summed E-state index contributed by atoms with van der Waals surface area (Å²) in [6, 6.07) is 0.337. The zero-order valence-electron chi connectivity index (χ0n) is 23.9. The number of alkyl halides is 3. The van der Waals surface area contributed by atoms with E-state index < -0.39 is 33.3 Å². The van der Waals surface area contributed by atoms with Crippen molar-refractivity contribution in [1.82, 2.24) is 31.7 Å². The van der Waals surface area contributed by atoms with Crippen molar-refractivity contribution in [2.75, 3.05) is 39.2 Å². The number of hydrogen-bond acceptors (Lipinski definition) is 11. The maximum Gasteiger partial charge on any atom is 0.153 e. The SMILES string of the molecule is COC1C(NC2CC(C)NN2)NC(SC2CCC(S(=O)(=O)CC3CCCC(Br)C3F)CC2F)NC1N1CCOCC1. The van der Waals surface area contributed by atoms with Crippen molar-refractivity contribution in [3.63, 3.8) is 0 Å². The fourth-order valence-corrected chi connectivity index (χ4v) is 11.2. The van der Waals surface area contributed by atoms with E-state index in [9.17, 15) is 12.8 Å². The average Bonchev–Trinajstić information content (AvgIpc) is 3.36. The number of nitrogens with one attached hydrogen (secondary N) is 5. The van der Waals surface area contributed by atoms with Crippen molar-refractivity contribution in [1.29, 1.82) is 0 Å². The Hall–Kier alpha value is 0.320. The van der Waals surface area contributed by atoms with Crippen LogP contribution in [0.25, 0.3) is 0 Å². The van der Waals surface area contributed by atoms with E-state index in [2.05, 4.69) is 54.6 Å². The standard InChI is InChI=1S/C26H47BrF2N6O4S2/c1-15-12-21(34-33-15)30-24-23(38-2)25(35-8-10-39-11-9-35)32-26(31-24)40-20-7-6-17(13-19(20)28)41(36,37)14-16-4-3-5-18(27)22(16)29/h15-26,30-34H,3-14H2,1-2H3. The van der Waals surface area contributed by atoms with Crippen LogP contribution < -0.4 is 26.8 Å². The van der Waals surface area contributed by atoms with Crippen LogP contribution in [0.5, 0.6) is 0 Å². The maximum atomic E-state index is 15.7. The molecule has 0 spiro atoms. The van der Waals surface area contributed by atoms with Gasteiger partial charge >= 0.3 is 0 Å². The Morgan fingerprint density at radius 3 is 2.56 bits per heavy atom. The molecule has 10 nitrogen and oxygen atoms in total. The van der Waals surface area contributed by atoms with Crippen LogP contribution in [0.15, 0.2) is 0 Å². The van der Waals surface area contributed by atoms with Crippen molar-refractivity contribution in [3.05, 3.63) is 0 Å². The number of ether oxygens (including phenoxy) is 2. The second-order valence-electron chi connectivity index (χ2n) is 12.2. The lowest BCUT2D eigenvalue weighted by molar-refractivity contribution is -0.0829. The molecule has 3 heterocycles. The first-order chi connectivity index (χ1) is 19.6. The van der Waals surface area contributed by atoms with Crippen LogP contribution in [0.3, 0.4) is 0 Å². The van der Waals surface area contributed by atoms with Gasteiger partial charge in [0.1, 0.15) is 23.9 Å². The number of methoxy groups -OCH3 is 1. The van der Waals surface area contributed by atoms with Crippen LogP contribution in [0.4, 0.5) is 8.78 Å². The molecule has 12 atom stereocenters. The fourth-order valence-electron chi connectivity index (χ4n) is 6.94. The molecule has 238 valence electrons. The van der Waals surface area contributed by atoms with Gasteiger partial charge in [-0.1, -0.05) is 22.4 Å². The number of hydrazine groups is 1. The summed E-state index contributed by atoms with van der Waals surface area (Å²) in [5, 5.41) is 9.79. The van der Waals surface area contributed by atoms with E-state index in [1.165, 1.54) is 11.8 Å². The number of thioether (sulfide) groups is 1. The third kappa shape index (κ3) is 8.13. The topological polar surface area (TPSA) is 116 Å². The molecular weight excluding hydrogens is 642 g/mol. The van der Waals surface area contributed by atoms with Gasteiger partial charge in [-0.2, -0.15) is 0 Å². The average molecular weight is 690 g/mol. The van der Waals surface area contributed by atoms with Gasteiger partial charge in [0.05, 0.1) is 42.7 Å². The fraction of sp³-hybridized carbons (Fsp3) is 1.00. The van der Waals surface area contributed by atoms with Gasteiger partial charge in [-0.15, -0.1) is 11.8 Å². The number of hydrogen-bond donors (Lipinski definition) is 5. The summed E-state index contributed by atoms with van der Waals surface area (Å²) in [5.41, 5.74) is 6.27. The summed E-state index contributed by atoms with van der Waals surface area (Å²) in [7, 11) is -1.88. The molecule has 5 N–H and O–H groups in total. The Morgan fingerprint density at radius 1 is 1.10 bits per heavy atom. The molecule has 2 aliphatic carbocycles. The molecule has 3 aliphatic heterocycles. The van der Waals surface area contributed by atoms with Crippen molar-refractivity contribution >= 4 is 37.5 Å². The highest BCUT2D eigenvalue weighted by Gasteiger charge is 2.45. The molecule has 5 fully saturated rings. The van der Waals surface area contributed by atoms with Crippen LogP contribution in [0.2, 0.25) is 0 Å². The Morgan fingerprint density at radius 2 is 1.88 bits per heavy atom. The van der Waals surface area contributed by atoms with Crippen molar-refractivity contribution < 1.29 is 26.7 Å². The zero-order valence-corrected chi connectivity index (χ0v) is 27.2.